The second-order valence-electron chi connectivity index (χ2n) is 5.29. The van der Waals surface area contributed by atoms with Crippen LogP contribution in [0, 0.1) is 11.8 Å². The topological polar surface area (TPSA) is 75.6 Å². The molecule has 0 aromatic carbocycles. The fourth-order valence-electron chi connectivity index (χ4n) is 1.94. The number of hydrogen-bond donors (Lipinski definition) is 2. The van der Waals surface area contributed by atoms with Crippen molar-refractivity contribution >= 4 is 11.9 Å². The van der Waals surface area contributed by atoms with Crippen molar-refractivity contribution in [3.63, 3.8) is 0 Å². The van der Waals surface area contributed by atoms with E-state index in [1.165, 1.54) is 0 Å². The molecule has 0 rings (SSSR count). The second kappa shape index (κ2) is 11.4. The van der Waals surface area contributed by atoms with Gasteiger partial charge in [-0.05, 0) is 24.7 Å². The molecule has 0 spiro atoms. The predicted octanol–water partition coefficient (Wildman–Crippen LogP) is 2.30. The predicted molar refractivity (Wildman–Crippen MR) is 74.3 cm³/mol. The van der Waals surface area contributed by atoms with Crippen LogP contribution in [0.25, 0.3) is 0 Å². The van der Waals surface area contributed by atoms with Crippen LogP contribution in [0.5, 0.6) is 0 Å². The largest absolute Gasteiger partial charge is 0.481 e. The Labute approximate surface area is 124 Å². The lowest BCUT2D eigenvalue weighted by Crippen LogP contribution is -2.28. The molecule has 7 heteroatoms. The number of carbonyl (C=O) groups is 2. The van der Waals surface area contributed by atoms with Gasteiger partial charge in [-0.15, -0.1) is 0 Å². The Kier molecular flexibility index (Phi) is 10.7. The molecule has 0 aromatic rings. The van der Waals surface area contributed by atoms with Gasteiger partial charge < -0.3 is 15.2 Å². The molecular weight excluding hydrogens is 284 g/mol. The number of halogens is 2. The van der Waals surface area contributed by atoms with E-state index >= 15 is 0 Å². The van der Waals surface area contributed by atoms with Crippen molar-refractivity contribution in [1.82, 2.24) is 5.32 Å². The van der Waals surface area contributed by atoms with E-state index in [0.29, 0.717) is 25.3 Å². The SMILES string of the molecule is CC(C)C(CCNC(=O)CCOCC(F)F)CCC(=O)O. The maximum absolute atomic E-state index is 11.8. The van der Waals surface area contributed by atoms with Gasteiger partial charge in [-0.3, -0.25) is 9.59 Å². The number of ether oxygens (including phenoxy) is 1. The first-order valence-electron chi connectivity index (χ1n) is 7.17. The summed E-state index contributed by atoms with van der Waals surface area (Å²) in [4.78, 5) is 22.0. The first kappa shape index (κ1) is 19.8. The molecule has 0 saturated heterocycles. The number of rotatable bonds is 12. The fourth-order valence-corrected chi connectivity index (χ4v) is 1.94. The number of aliphatic carboxylic acids is 1. The molecular formula is C14H25F2NO4. The molecule has 0 aromatic heterocycles. The van der Waals surface area contributed by atoms with Crippen molar-refractivity contribution in [1.29, 1.82) is 0 Å². The number of carbonyl (C=O) groups excluding carboxylic acids is 1. The van der Waals surface area contributed by atoms with Gasteiger partial charge in [-0.1, -0.05) is 13.8 Å². The summed E-state index contributed by atoms with van der Waals surface area (Å²) >= 11 is 0. The van der Waals surface area contributed by atoms with Crippen molar-refractivity contribution in [2.24, 2.45) is 11.8 Å². The zero-order valence-corrected chi connectivity index (χ0v) is 12.6. The van der Waals surface area contributed by atoms with E-state index in [4.69, 9.17) is 5.11 Å². The number of carboxylic acid groups (broad SMARTS) is 1. The number of hydrogen-bond acceptors (Lipinski definition) is 3. The van der Waals surface area contributed by atoms with Crippen LogP contribution in [0.3, 0.4) is 0 Å². The lowest BCUT2D eigenvalue weighted by molar-refractivity contribution is -0.137. The van der Waals surface area contributed by atoms with E-state index in [1.54, 1.807) is 0 Å². The van der Waals surface area contributed by atoms with Crippen LogP contribution in [0.4, 0.5) is 8.78 Å². The normalized spacial score (nSPS) is 12.7. The van der Waals surface area contributed by atoms with Gasteiger partial charge in [0.05, 0.1) is 6.61 Å². The van der Waals surface area contributed by atoms with E-state index in [1.807, 2.05) is 13.8 Å². The van der Waals surface area contributed by atoms with E-state index in [9.17, 15) is 18.4 Å². The third kappa shape index (κ3) is 12.2. The van der Waals surface area contributed by atoms with Crippen LogP contribution in [0.15, 0.2) is 0 Å². The highest BCUT2D eigenvalue weighted by Gasteiger charge is 2.15. The number of nitrogens with one attached hydrogen (secondary N) is 1. The molecule has 0 aliphatic heterocycles. The van der Waals surface area contributed by atoms with Crippen LogP contribution in [0.1, 0.15) is 39.5 Å². The van der Waals surface area contributed by atoms with Crippen molar-refractivity contribution in [3.05, 3.63) is 0 Å². The van der Waals surface area contributed by atoms with E-state index in [0.717, 1.165) is 0 Å². The third-order valence-corrected chi connectivity index (χ3v) is 3.23. The smallest absolute Gasteiger partial charge is 0.303 e. The van der Waals surface area contributed by atoms with Crippen LogP contribution in [-0.2, 0) is 14.3 Å². The Balaban J connectivity index is 3.77. The van der Waals surface area contributed by atoms with Gasteiger partial charge in [0, 0.05) is 19.4 Å². The van der Waals surface area contributed by atoms with Crippen LogP contribution >= 0.6 is 0 Å². The van der Waals surface area contributed by atoms with E-state index in [-0.39, 0.29) is 31.3 Å². The Morgan fingerprint density at radius 3 is 2.38 bits per heavy atom. The Hall–Kier alpha value is -1.24. The molecule has 0 fully saturated rings. The standard InChI is InChI=1S/C14H25F2NO4/c1-10(2)11(3-4-14(19)20)5-7-17-13(18)6-8-21-9-12(15)16/h10-12H,3-9H2,1-2H3,(H,17,18)(H,19,20). The molecule has 2 N–H and O–H groups in total. The van der Waals surface area contributed by atoms with Crippen LogP contribution in [0.2, 0.25) is 0 Å². The molecule has 1 atom stereocenters. The average Bonchev–Trinajstić information content (AvgIpc) is 2.37. The number of amides is 1. The van der Waals surface area contributed by atoms with Crippen molar-refractivity contribution in [2.45, 2.75) is 46.0 Å². The van der Waals surface area contributed by atoms with Gasteiger partial charge in [0.25, 0.3) is 6.43 Å². The molecule has 1 unspecified atom stereocenters. The molecule has 0 saturated carbocycles. The zero-order chi connectivity index (χ0) is 16.3. The lowest BCUT2D eigenvalue weighted by Gasteiger charge is -2.20. The molecule has 0 aliphatic rings. The maximum atomic E-state index is 11.8. The summed E-state index contributed by atoms with van der Waals surface area (Å²) < 4.78 is 28.2. The molecule has 1 amide bonds. The molecule has 0 radical (unpaired) electrons. The Morgan fingerprint density at radius 2 is 1.86 bits per heavy atom. The fraction of sp³-hybridized carbons (Fsp3) is 0.857. The van der Waals surface area contributed by atoms with Gasteiger partial charge in [0.2, 0.25) is 5.91 Å². The minimum Gasteiger partial charge on any atom is -0.481 e. The Morgan fingerprint density at radius 1 is 1.19 bits per heavy atom. The van der Waals surface area contributed by atoms with Crippen molar-refractivity contribution < 1.29 is 28.2 Å². The van der Waals surface area contributed by atoms with Gasteiger partial charge in [0.1, 0.15) is 6.61 Å². The molecule has 0 heterocycles. The zero-order valence-electron chi connectivity index (χ0n) is 12.6. The number of alkyl halides is 2. The van der Waals surface area contributed by atoms with E-state index < -0.39 is 19.0 Å². The summed E-state index contributed by atoms with van der Waals surface area (Å²) in [6, 6.07) is 0. The van der Waals surface area contributed by atoms with Crippen LogP contribution < -0.4 is 5.32 Å². The third-order valence-electron chi connectivity index (χ3n) is 3.23. The maximum Gasteiger partial charge on any atom is 0.303 e. The molecule has 0 aliphatic carbocycles. The van der Waals surface area contributed by atoms with Gasteiger partial charge in [-0.2, -0.15) is 0 Å². The number of carboxylic acids is 1. The highest BCUT2D eigenvalue weighted by molar-refractivity contribution is 5.75. The van der Waals surface area contributed by atoms with E-state index in [2.05, 4.69) is 10.1 Å². The first-order valence-corrected chi connectivity index (χ1v) is 7.17. The van der Waals surface area contributed by atoms with Crippen LogP contribution in [-0.4, -0.2) is 43.2 Å². The highest BCUT2D eigenvalue weighted by Crippen LogP contribution is 2.20. The molecule has 5 nitrogen and oxygen atoms in total. The summed E-state index contributed by atoms with van der Waals surface area (Å²) in [7, 11) is 0. The van der Waals surface area contributed by atoms with Gasteiger partial charge >= 0.3 is 5.97 Å². The van der Waals surface area contributed by atoms with Crippen molar-refractivity contribution in [3.8, 4) is 0 Å². The molecule has 124 valence electrons. The second-order valence-corrected chi connectivity index (χ2v) is 5.29. The van der Waals surface area contributed by atoms with Crippen molar-refractivity contribution in [2.75, 3.05) is 19.8 Å². The first-order chi connectivity index (χ1) is 9.82. The molecule has 0 bridgehead atoms. The quantitative estimate of drug-likeness (QED) is 0.542. The monoisotopic (exact) mass is 309 g/mol. The summed E-state index contributed by atoms with van der Waals surface area (Å²) in [5, 5.41) is 11.4. The Bertz CT molecular complexity index is 311. The summed E-state index contributed by atoms with van der Waals surface area (Å²) in [5.41, 5.74) is 0. The van der Waals surface area contributed by atoms with Gasteiger partial charge in [0.15, 0.2) is 0 Å². The summed E-state index contributed by atoms with van der Waals surface area (Å²) in [6.07, 6.45) is -1.06. The highest BCUT2D eigenvalue weighted by atomic mass is 19.3. The van der Waals surface area contributed by atoms with Gasteiger partial charge in [-0.25, -0.2) is 8.78 Å². The summed E-state index contributed by atoms with van der Waals surface area (Å²) in [6.45, 7) is 3.82. The molecule has 21 heavy (non-hydrogen) atoms. The summed E-state index contributed by atoms with van der Waals surface area (Å²) in [5.74, 6) is -0.488. The minimum atomic E-state index is -2.52. The average molecular weight is 309 g/mol. The lowest BCUT2D eigenvalue weighted by atomic mass is 9.88. The minimum absolute atomic E-state index is 0.0250.